The van der Waals surface area contributed by atoms with Gasteiger partial charge in [0.2, 0.25) is 0 Å². The molecule has 0 bridgehead atoms. The Labute approximate surface area is 107 Å². The van der Waals surface area contributed by atoms with Crippen LogP contribution in [0.4, 0.5) is 0 Å². The van der Waals surface area contributed by atoms with Crippen molar-refractivity contribution in [1.82, 2.24) is 10.2 Å². The molecule has 0 saturated carbocycles. The van der Waals surface area contributed by atoms with E-state index in [4.69, 9.17) is 4.74 Å². The van der Waals surface area contributed by atoms with Gasteiger partial charge >= 0.3 is 0 Å². The van der Waals surface area contributed by atoms with E-state index >= 15 is 0 Å². The molecule has 0 aromatic heterocycles. The lowest BCUT2D eigenvalue weighted by molar-refractivity contribution is -0.0392. The van der Waals surface area contributed by atoms with E-state index < -0.39 is 0 Å². The number of hydrogen-bond donors (Lipinski definition) is 1. The number of nitrogens with one attached hydrogen (secondary N) is 1. The standard InChI is InChI=1S/C14H30N2O/c1-6-13-10-17-8-7-16(13)14(11(2)3)9-15-12(4)5/h11-15H,6-10H2,1-5H3. The number of morpholine rings is 1. The fourth-order valence-corrected chi connectivity index (χ4v) is 2.55. The van der Waals surface area contributed by atoms with Crippen molar-refractivity contribution in [3.05, 3.63) is 0 Å². The summed E-state index contributed by atoms with van der Waals surface area (Å²) in [5.74, 6) is 0.688. The molecule has 0 aromatic rings. The molecule has 1 saturated heterocycles. The first-order valence-corrected chi connectivity index (χ1v) is 7.13. The highest BCUT2D eigenvalue weighted by Crippen LogP contribution is 2.19. The highest BCUT2D eigenvalue weighted by molar-refractivity contribution is 4.84. The number of nitrogens with zero attached hydrogens (tertiary/aromatic N) is 1. The second kappa shape index (κ2) is 7.34. The monoisotopic (exact) mass is 242 g/mol. The third-order valence-electron chi connectivity index (χ3n) is 3.68. The zero-order chi connectivity index (χ0) is 12.8. The van der Waals surface area contributed by atoms with Crippen molar-refractivity contribution in [2.24, 2.45) is 5.92 Å². The average molecular weight is 242 g/mol. The van der Waals surface area contributed by atoms with Crippen molar-refractivity contribution in [3.8, 4) is 0 Å². The second-order valence-electron chi connectivity index (χ2n) is 5.75. The van der Waals surface area contributed by atoms with E-state index in [9.17, 15) is 0 Å². The molecular formula is C14H30N2O. The first-order valence-electron chi connectivity index (χ1n) is 7.13. The van der Waals surface area contributed by atoms with Gasteiger partial charge in [-0.3, -0.25) is 4.90 Å². The van der Waals surface area contributed by atoms with Gasteiger partial charge < -0.3 is 10.1 Å². The minimum absolute atomic E-state index is 0.567. The summed E-state index contributed by atoms with van der Waals surface area (Å²) in [4.78, 5) is 2.66. The summed E-state index contributed by atoms with van der Waals surface area (Å²) in [5, 5.41) is 3.59. The Morgan fingerprint density at radius 1 is 1.29 bits per heavy atom. The van der Waals surface area contributed by atoms with Gasteiger partial charge in [-0.1, -0.05) is 34.6 Å². The smallest absolute Gasteiger partial charge is 0.0622 e. The molecule has 3 heteroatoms. The Bertz CT molecular complexity index is 206. The van der Waals surface area contributed by atoms with Gasteiger partial charge in [-0.2, -0.15) is 0 Å². The van der Waals surface area contributed by atoms with E-state index in [0.29, 0.717) is 24.0 Å². The van der Waals surface area contributed by atoms with Crippen LogP contribution in [0, 0.1) is 5.92 Å². The quantitative estimate of drug-likeness (QED) is 0.772. The summed E-state index contributed by atoms with van der Waals surface area (Å²) in [6.07, 6.45) is 1.19. The predicted octanol–water partition coefficient (Wildman–Crippen LogP) is 2.12. The highest BCUT2D eigenvalue weighted by Gasteiger charge is 2.29. The minimum Gasteiger partial charge on any atom is -0.378 e. The summed E-state index contributed by atoms with van der Waals surface area (Å²) in [6, 6.07) is 1.80. The molecule has 0 spiro atoms. The van der Waals surface area contributed by atoms with Crippen molar-refractivity contribution in [3.63, 3.8) is 0 Å². The number of rotatable bonds is 6. The van der Waals surface area contributed by atoms with Crippen molar-refractivity contribution in [2.75, 3.05) is 26.3 Å². The largest absolute Gasteiger partial charge is 0.378 e. The van der Waals surface area contributed by atoms with Crippen molar-refractivity contribution in [1.29, 1.82) is 0 Å². The topological polar surface area (TPSA) is 24.5 Å². The van der Waals surface area contributed by atoms with Gasteiger partial charge in [-0.15, -0.1) is 0 Å². The van der Waals surface area contributed by atoms with Crippen LogP contribution in [0.3, 0.4) is 0 Å². The molecule has 0 amide bonds. The van der Waals surface area contributed by atoms with E-state index in [1.165, 1.54) is 6.42 Å². The van der Waals surface area contributed by atoms with Crippen LogP contribution in [-0.4, -0.2) is 49.3 Å². The summed E-state index contributed by atoms with van der Waals surface area (Å²) in [6.45, 7) is 15.3. The van der Waals surface area contributed by atoms with Gasteiger partial charge in [-0.05, 0) is 12.3 Å². The zero-order valence-corrected chi connectivity index (χ0v) is 12.2. The van der Waals surface area contributed by atoms with Crippen LogP contribution in [0.15, 0.2) is 0 Å². The van der Waals surface area contributed by atoms with Crippen LogP contribution in [0.25, 0.3) is 0 Å². The van der Waals surface area contributed by atoms with E-state index in [2.05, 4.69) is 44.8 Å². The molecule has 17 heavy (non-hydrogen) atoms. The Balaban J connectivity index is 2.60. The molecule has 0 aromatic carbocycles. The van der Waals surface area contributed by atoms with Gasteiger partial charge in [0.15, 0.2) is 0 Å². The minimum atomic E-state index is 0.567. The molecule has 0 radical (unpaired) electrons. The zero-order valence-electron chi connectivity index (χ0n) is 12.2. The van der Waals surface area contributed by atoms with Gasteiger partial charge in [-0.25, -0.2) is 0 Å². The summed E-state index contributed by atoms with van der Waals surface area (Å²) >= 11 is 0. The lowest BCUT2D eigenvalue weighted by Gasteiger charge is -2.43. The lowest BCUT2D eigenvalue weighted by Crippen LogP contribution is -2.55. The van der Waals surface area contributed by atoms with Crippen LogP contribution in [-0.2, 0) is 4.74 Å². The fourth-order valence-electron chi connectivity index (χ4n) is 2.55. The second-order valence-corrected chi connectivity index (χ2v) is 5.75. The van der Waals surface area contributed by atoms with Gasteiger partial charge in [0.25, 0.3) is 0 Å². The van der Waals surface area contributed by atoms with E-state index in [1.807, 2.05) is 0 Å². The van der Waals surface area contributed by atoms with E-state index in [-0.39, 0.29) is 0 Å². The first kappa shape index (κ1) is 14.9. The third kappa shape index (κ3) is 4.57. The van der Waals surface area contributed by atoms with Crippen LogP contribution >= 0.6 is 0 Å². The molecule has 3 nitrogen and oxygen atoms in total. The fraction of sp³-hybridized carbons (Fsp3) is 1.00. The Morgan fingerprint density at radius 3 is 2.53 bits per heavy atom. The van der Waals surface area contributed by atoms with Gasteiger partial charge in [0.05, 0.1) is 13.2 Å². The summed E-state index contributed by atoms with van der Waals surface area (Å²) < 4.78 is 5.60. The molecule has 2 atom stereocenters. The number of hydrogen-bond acceptors (Lipinski definition) is 3. The molecule has 1 N–H and O–H groups in total. The summed E-state index contributed by atoms with van der Waals surface area (Å²) in [7, 11) is 0. The molecule has 1 rings (SSSR count). The average Bonchev–Trinajstić information content (AvgIpc) is 2.29. The SMILES string of the molecule is CCC1COCCN1C(CNC(C)C)C(C)C. The maximum Gasteiger partial charge on any atom is 0.0622 e. The molecule has 1 heterocycles. The van der Waals surface area contributed by atoms with Crippen molar-refractivity contribution >= 4 is 0 Å². The van der Waals surface area contributed by atoms with Gasteiger partial charge in [0.1, 0.15) is 0 Å². The van der Waals surface area contributed by atoms with Gasteiger partial charge in [0, 0.05) is 31.2 Å². The van der Waals surface area contributed by atoms with Crippen LogP contribution in [0.1, 0.15) is 41.0 Å². The predicted molar refractivity (Wildman–Crippen MR) is 73.4 cm³/mol. The lowest BCUT2D eigenvalue weighted by atomic mass is 9.98. The summed E-state index contributed by atoms with van der Waals surface area (Å²) in [5.41, 5.74) is 0. The van der Waals surface area contributed by atoms with Crippen molar-refractivity contribution < 1.29 is 4.74 Å². The third-order valence-corrected chi connectivity index (χ3v) is 3.68. The van der Waals surface area contributed by atoms with Crippen molar-refractivity contribution in [2.45, 2.75) is 59.2 Å². The number of ether oxygens (including phenoxy) is 1. The molecular weight excluding hydrogens is 212 g/mol. The Hall–Kier alpha value is -0.120. The molecule has 1 aliphatic rings. The van der Waals surface area contributed by atoms with Crippen LogP contribution in [0.2, 0.25) is 0 Å². The first-order chi connectivity index (χ1) is 8.06. The molecule has 2 unspecified atom stereocenters. The molecule has 1 aliphatic heterocycles. The molecule has 102 valence electrons. The van der Waals surface area contributed by atoms with Crippen LogP contribution in [0.5, 0.6) is 0 Å². The molecule has 0 aliphatic carbocycles. The molecule has 1 fully saturated rings. The maximum atomic E-state index is 5.60. The van der Waals surface area contributed by atoms with E-state index in [0.717, 1.165) is 26.3 Å². The maximum absolute atomic E-state index is 5.60. The highest BCUT2D eigenvalue weighted by atomic mass is 16.5. The normalized spacial score (nSPS) is 24.5. The van der Waals surface area contributed by atoms with Crippen LogP contribution < -0.4 is 5.32 Å². The Morgan fingerprint density at radius 2 is 2.00 bits per heavy atom. The van der Waals surface area contributed by atoms with E-state index in [1.54, 1.807) is 0 Å². The Kier molecular flexibility index (Phi) is 6.45.